The highest BCUT2D eigenvalue weighted by Gasteiger charge is 2.36. The van der Waals surface area contributed by atoms with Crippen LogP contribution in [0.25, 0.3) is 0 Å². The molecular weight excluding hydrogens is 612 g/mol. The number of ketones is 4. The monoisotopic (exact) mass is 672 g/mol. The van der Waals surface area contributed by atoms with Gasteiger partial charge in [0.1, 0.15) is 6.61 Å². The minimum absolute atomic E-state index is 0.0336. The molecule has 3 atom stereocenters. The lowest BCUT2D eigenvalue weighted by molar-refractivity contribution is -0.141. The number of rotatable bonds is 28. The van der Waals surface area contributed by atoms with Gasteiger partial charge in [0.25, 0.3) is 0 Å². The summed E-state index contributed by atoms with van der Waals surface area (Å²) >= 11 is 0. The fourth-order valence-corrected chi connectivity index (χ4v) is 5.64. The smallest absolute Gasteiger partial charge is 0.226 e. The Hall–Kier alpha value is -3.24. The molecule has 1 aliphatic rings. The molecule has 1 rings (SSSR count). The van der Waals surface area contributed by atoms with Crippen LogP contribution in [0.15, 0.2) is 37.0 Å². The molecule has 10 heteroatoms. The van der Waals surface area contributed by atoms with Crippen molar-refractivity contribution in [1.29, 1.82) is 0 Å². The van der Waals surface area contributed by atoms with Crippen LogP contribution < -0.4 is 5.32 Å². The number of nitrogens with zero attached hydrogens (tertiary/aromatic N) is 1. The van der Waals surface area contributed by atoms with Gasteiger partial charge in [-0.25, -0.2) is 0 Å². The average molecular weight is 673 g/mol. The number of carbonyl (C=O) groups excluding carboxylic acids is 6. The molecule has 1 fully saturated rings. The number of hydrogen-bond donors (Lipinski definition) is 1. The Balaban J connectivity index is 2.33. The van der Waals surface area contributed by atoms with Crippen molar-refractivity contribution in [2.75, 3.05) is 33.0 Å². The fraction of sp³-hybridized carbons (Fsp3) is 0.684. The summed E-state index contributed by atoms with van der Waals surface area (Å²) in [6.45, 7) is 20.6. The van der Waals surface area contributed by atoms with E-state index in [1.807, 2.05) is 0 Å². The Bertz CT molecular complexity index is 1130. The second-order valence-electron chi connectivity index (χ2n) is 13.4. The van der Waals surface area contributed by atoms with E-state index in [1.54, 1.807) is 18.7 Å². The summed E-state index contributed by atoms with van der Waals surface area (Å²) in [4.78, 5) is 75.6. The molecule has 270 valence electrons. The number of Topliss-reactive ketones (excluding diaryl/α,β-unsaturated/α-hetero) is 3. The molecule has 0 bridgehead atoms. The minimum Gasteiger partial charge on any atom is -0.379 e. The third-order valence-electron chi connectivity index (χ3n) is 8.45. The average Bonchev–Trinajstić information content (AvgIpc) is 3.53. The van der Waals surface area contributed by atoms with Crippen molar-refractivity contribution in [2.45, 2.75) is 123 Å². The van der Waals surface area contributed by atoms with Crippen LogP contribution in [0.3, 0.4) is 0 Å². The molecule has 0 aliphatic carbocycles. The van der Waals surface area contributed by atoms with Crippen molar-refractivity contribution < 1.29 is 38.2 Å². The summed E-state index contributed by atoms with van der Waals surface area (Å²) in [5.41, 5.74) is 1.47. The minimum atomic E-state index is -0.556. The van der Waals surface area contributed by atoms with E-state index in [2.05, 4.69) is 38.9 Å². The van der Waals surface area contributed by atoms with Crippen molar-refractivity contribution in [3.8, 4) is 0 Å². The zero-order valence-corrected chi connectivity index (χ0v) is 29.9. The Kier molecular flexibility index (Phi) is 21.4. The van der Waals surface area contributed by atoms with Crippen LogP contribution in [0, 0.1) is 11.8 Å². The first-order chi connectivity index (χ1) is 22.8. The van der Waals surface area contributed by atoms with Crippen LogP contribution in [0.5, 0.6) is 0 Å². The van der Waals surface area contributed by atoms with Crippen LogP contribution in [0.2, 0.25) is 0 Å². The van der Waals surface area contributed by atoms with Gasteiger partial charge in [-0.2, -0.15) is 0 Å². The molecule has 1 saturated heterocycles. The lowest BCUT2D eigenvalue weighted by Crippen LogP contribution is -2.44. The molecule has 0 unspecified atom stereocenters. The number of unbranched alkanes of at least 4 members (excludes halogenated alkanes) is 2. The molecule has 0 radical (unpaired) electrons. The molecule has 1 aliphatic heterocycles. The molecular formula is C38H60N2O8. The Labute approximate surface area is 288 Å². The lowest BCUT2D eigenvalue weighted by atomic mass is 9.94. The molecule has 10 nitrogen and oxygen atoms in total. The van der Waals surface area contributed by atoms with Gasteiger partial charge in [0.05, 0.1) is 19.3 Å². The highest BCUT2D eigenvalue weighted by Crippen LogP contribution is 2.23. The predicted molar refractivity (Wildman–Crippen MR) is 187 cm³/mol. The van der Waals surface area contributed by atoms with E-state index in [0.717, 1.165) is 37.7 Å². The highest BCUT2D eigenvalue weighted by molar-refractivity contribution is 5.96. The zero-order chi connectivity index (χ0) is 36.1. The van der Waals surface area contributed by atoms with Gasteiger partial charge in [-0.05, 0) is 69.4 Å². The van der Waals surface area contributed by atoms with Gasteiger partial charge in [-0.15, -0.1) is 0 Å². The molecule has 0 saturated carbocycles. The number of likely N-dealkylation sites (tertiary alicyclic amines) is 1. The number of amides is 2. The van der Waals surface area contributed by atoms with Crippen LogP contribution in [0.1, 0.15) is 111 Å². The van der Waals surface area contributed by atoms with Gasteiger partial charge in [0.2, 0.25) is 11.8 Å². The predicted octanol–water partition coefficient (Wildman–Crippen LogP) is 5.67. The Morgan fingerprint density at radius 3 is 2.23 bits per heavy atom. The first-order valence-corrected chi connectivity index (χ1v) is 17.6. The molecule has 48 heavy (non-hydrogen) atoms. The largest absolute Gasteiger partial charge is 0.379 e. The maximum Gasteiger partial charge on any atom is 0.226 e. The fourth-order valence-electron chi connectivity index (χ4n) is 5.64. The van der Waals surface area contributed by atoms with Gasteiger partial charge in [-0.1, -0.05) is 52.5 Å². The van der Waals surface area contributed by atoms with Crippen molar-refractivity contribution >= 4 is 34.9 Å². The molecule has 0 spiro atoms. The topological polar surface area (TPSA) is 136 Å². The van der Waals surface area contributed by atoms with E-state index in [0.29, 0.717) is 70.0 Å². The molecule has 0 aromatic heterocycles. The van der Waals surface area contributed by atoms with E-state index < -0.39 is 12.0 Å². The number of hydrogen-bond acceptors (Lipinski definition) is 8. The third kappa shape index (κ3) is 17.8. The third-order valence-corrected chi connectivity index (χ3v) is 8.45. The maximum absolute atomic E-state index is 13.0. The first-order valence-electron chi connectivity index (χ1n) is 17.6. The van der Waals surface area contributed by atoms with Crippen molar-refractivity contribution in [3.63, 3.8) is 0 Å². The SMILES string of the molecule is C=CC(=O)C[C@@H](C)C(=O)N1CCC[C@H]1C(=O)CCC(=O)N[C@@H](CC(C)C)C(=C)CCCOCCOCC(=O)CCCCCC(=O)C(=C)C. The van der Waals surface area contributed by atoms with Crippen molar-refractivity contribution in [3.05, 3.63) is 37.0 Å². The molecule has 0 aromatic rings. The van der Waals surface area contributed by atoms with Crippen LogP contribution in [-0.2, 0) is 38.2 Å². The van der Waals surface area contributed by atoms with E-state index >= 15 is 0 Å². The van der Waals surface area contributed by atoms with Crippen LogP contribution >= 0.6 is 0 Å². The second-order valence-corrected chi connectivity index (χ2v) is 13.4. The lowest BCUT2D eigenvalue weighted by Gasteiger charge is -2.26. The number of nitrogens with one attached hydrogen (secondary N) is 1. The van der Waals surface area contributed by atoms with Crippen LogP contribution in [0.4, 0.5) is 0 Å². The summed E-state index contributed by atoms with van der Waals surface area (Å²) in [7, 11) is 0. The van der Waals surface area contributed by atoms with E-state index in [9.17, 15) is 28.8 Å². The number of allylic oxidation sites excluding steroid dienone is 2. The number of ether oxygens (including phenoxy) is 2. The molecule has 1 heterocycles. The van der Waals surface area contributed by atoms with Crippen molar-refractivity contribution in [2.24, 2.45) is 11.8 Å². The molecule has 0 aromatic carbocycles. The number of carbonyl (C=O) groups is 6. The molecule has 2 amide bonds. The zero-order valence-electron chi connectivity index (χ0n) is 29.9. The first kappa shape index (κ1) is 42.8. The Morgan fingerprint density at radius 1 is 0.875 bits per heavy atom. The quantitative estimate of drug-likeness (QED) is 0.0638. The highest BCUT2D eigenvalue weighted by atomic mass is 16.5. The Morgan fingerprint density at radius 2 is 1.56 bits per heavy atom. The summed E-state index contributed by atoms with van der Waals surface area (Å²) < 4.78 is 11.1. The summed E-state index contributed by atoms with van der Waals surface area (Å²) in [5.74, 6) is -0.859. The van der Waals surface area contributed by atoms with E-state index in [4.69, 9.17) is 9.47 Å². The van der Waals surface area contributed by atoms with Gasteiger partial charge in [0.15, 0.2) is 23.1 Å². The summed E-state index contributed by atoms with van der Waals surface area (Å²) in [5, 5.41) is 3.06. The van der Waals surface area contributed by atoms with Gasteiger partial charge < -0.3 is 19.7 Å². The maximum atomic E-state index is 13.0. The summed E-state index contributed by atoms with van der Waals surface area (Å²) in [6.07, 6.45) is 7.98. The summed E-state index contributed by atoms with van der Waals surface area (Å²) in [6, 6.07) is -0.777. The molecule has 1 N–H and O–H groups in total. The van der Waals surface area contributed by atoms with Crippen molar-refractivity contribution in [1.82, 2.24) is 10.2 Å². The van der Waals surface area contributed by atoms with Gasteiger partial charge >= 0.3 is 0 Å². The van der Waals surface area contributed by atoms with Gasteiger partial charge in [-0.3, -0.25) is 28.8 Å². The van der Waals surface area contributed by atoms with Crippen LogP contribution in [-0.4, -0.2) is 84.9 Å². The van der Waals surface area contributed by atoms with E-state index in [1.165, 1.54) is 6.08 Å². The van der Waals surface area contributed by atoms with E-state index in [-0.39, 0.29) is 66.9 Å². The second kappa shape index (κ2) is 24.0. The standard InChI is InChI=1S/C38H60N2O8/c1-8-31(41)25-30(7)38(46)40-20-12-16-34(40)36(44)18-19-37(45)39-33(24-27(2)3)29(6)14-13-21-47-22-23-48-26-32(42)15-10-9-11-17-35(43)28(4)5/h8,27,30,33-34H,1,4,6,9-26H2,2-3,5,7H3,(H,39,45)/t30-,33+,34+/m1/s1. The van der Waals surface area contributed by atoms with Gasteiger partial charge in [0, 0.05) is 57.2 Å². The normalized spacial score (nSPS) is 15.5.